The lowest BCUT2D eigenvalue weighted by Crippen LogP contribution is -1.56. The van der Waals surface area contributed by atoms with Gasteiger partial charge in [-0.3, -0.25) is 0 Å². The van der Waals surface area contributed by atoms with Gasteiger partial charge in [-0.25, -0.2) is 0 Å². The van der Waals surface area contributed by atoms with Crippen molar-refractivity contribution in [1.82, 2.24) is 0 Å². The Balaban J connectivity index is 2.85. The van der Waals surface area contributed by atoms with Gasteiger partial charge < -0.3 is 4.84 Å². The molecule has 0 heterocycles. The molecule has 34 valence electrons. The van der Waals surface area contributed by atoms with E-state index in [0.29, 0.717) is 0 Å². The summed E-state index contributed by atoms with van der Waals surface area (Å²) in [6.07, 6.45) is 1.20. The van der Waals surface area contributed by atoms with Crippen molar-refractivity contribution in [2.45, 2.75) is 0 Å². The molecular formula is C3H6N2O. The Kier molecular flexibility index (Phi) is 3.55. The lowest BCUT2D eigenvalue weighted by atomic mass is 11.2. The molecule has 0 unspecified atom stereocenters. The number of nitrogens with zero attached hydrogens (tertiary/aromatic N) is 2. The minimum atomic E-state index is 1.20. The Morgan fingerprint density at radius 1 is 1.83 bits per heavy atom. The predicted octanol–water partition coefficient (Wildman–Crippen LogP) is 1.14. The smallest absolute Gasteiger partial charge is 0.116 e. The van der Waals surface area contributed by atoms with Gasteiger partial charge in [0.15, 0.2) is 0 Å². The maximum absolute atomic E-state index is 4.20. The van der Waals surface area contributed by atoms with Gasteiger partial charge in [0.1, 0.15) is 6.26 Å². The second-order valence-electron chi connectivity index (χ2n) is 0.554. The van der Waals surface area contributed by atoms with Crippen LogP contribution in [0.25, 0.3) is 0 Å². The van der Waals surface area contributed by atoms with Crippen LogP contribution in [0, 0.1) is 0 Å². The summed E-state index contributed by atoms with van der Waals surface area (Å²) < 4.78 is 0. The molecule has 3 nitrogen and oxygen atoms in total. The van der Waals surface area contributed by atoms with Gasteiger partial charge in [0.2, 0.25) is 0 Å². The van der Waals surface area contributed by atoms with Gasteiger partial charge in [-0.1, -0.05) is 6.58 Å². The first-order chi connectivity index (χ1) is 2.91. The predicted molar refractivity (Wildman–Crippen MR) is 22.1 cm³/mol. The van der Waals surface area contributed by atoms with Crippen molar-refractivity contribution >= 4 is 0 Å². The molecule has 0 bridgehead atoms. The molecule has 0 aromatic carbocycles. The topological polar surface area (TPSA) is 34.0 Å². The van der Waals surface area contributed by atoms with Crippen LogP contribution in [0.15, 0.2) is 23.2 Å². The Morgan fingerprint density at radius 2 is 2.50 bits per heavy atom. The molecule has 0 spiro atoms. The fraction of sp³-hybridized carbons (Fsp3) is 0.333. The summed E-state index contributed by atoms with van der Waals surface area (Å²) in [6, 6.07) is 0. The lowest BCUT2D eigenvalue weighted by Gasteiger charge is -1.75. The zero-order chi connectivity index (χ0) is 4.83. The summed E-state index contributed by atoms with van der Waals surface area (Å²) in [6.45, 7) is 3.22. The fourth-order valence-electron chi connectivity index (χ4n) is 0.0805. The SMILES string of the molecule is C=CO/N=N\C. The van der Waals surface area contributed by atoms with Gasteiger partial charge in [0, 0.05) is 5.28 Å². The third kappa shape index (κ3) is 3.14. The zero-order valence-corrected chi connectivity index (χ0v) is 3.59. The average Bonchev–Trinajstić information content (AvgIpc) is 1.61. The van der Waals surface area contributed by atoms with E-state index in [0.717, 1.165) is 0 Å². The quantitative estimate of drug-likeness (QED) is 0.282. The fourth-order valence-corrected chi connectivity index (χ4v) is 0.0805. The first-order valence-corrected chi connectivity index (χ1v) is 1.47. The van der Waals surface area contributed by atoms with Gasteiger partial charge in [-0.05, 0) is 0 Å². The van der Waals surface area contributed by atoms with E-state index in [4.69, 9.17) is 0 Å². The summed E-state index contributed by atoms with van der Waals surface area (Å²) in [5.74, 6) is 0. The number of rotatable bonds is 2. The maximum Gasteiger partial charge on any atom is 0.116 e. The van der Waals surface area contributed by atoms with E-state index < -0.39 is 0 Å². The summed E-state index contributed by atoms with van der Waals surface area (Å²) in [5.41, 5.74) is 0. The summed E-state index contributed by atoms with van der Waals surface area (Å²) in [5, 5.41) is 6.35. The van der Waals surface area contributed by atoms with E-state index in [9.17, 15) is 0 Å². The molecule has 0 aromatic rings. The molecule has 0 atom stereocenters. The molecule has 0 aliphatic rings. The number of hydrogen-bond acceptors (Lipinski definition) is 3. The molecule has 0 aliphatic carbocycles. The largest absolute Gasteiger partial charge is 0.348 e. The van der Waals surface area contributed by atoms with Crippen molar-refractivity contribution < 1.29 is 4.84 Å². The molecule has 0 N–H and O–H groups in total. The summed E-state index contributed by atoms with van der Waals surface area (Å²) in [4.78, 5) is 4.20. The highest BCUT2D eigenvalue weighted by Crippen LogP contribution is 1.71. The van der Waals surface area contributed by atoms with Crippen molar-refractivity contribution in [1.29, 1.82) is 0 Å². The standard InChI is InChI=1S/C3H6N2O/c1-3-6-5-4-2/h3H,1H2,2H3/b5-4-. The highest BCUT2D eigenvalue weighted by atomic mass is 16.6. The Hall–Kier alpha value is -0.860. The van der Waals surface area contributed by atoms with Crippen LogP contribution in [0.3, 0.4) is 0 Å². The first-order valence-electron chi connectivity index (χ1n) is 1.47. The summed E-state index contributed by atoms with van der Waals surface area (Å²) in [7, 11) is 1.52. The van der Waals surface area contributed by atoms with Gasteiger partial charge in [-0.2, -0.15) is 5.11 Å². The molecule has 0 rings (SSSR count). The second kappa shape index (κ2) is 4.14. The molecule has 3 heteroatoms. The van der Waals surface area contributed by atoms with E-state index in [1.54, 1.807) is 0 Å². The third-order valence-electron chi connectivity index (χ3n) is 0.203. The van der Waals surface area contributed by atoms with Crippen molar-refractivity contribution in [3.63, 3.8) is 0 Å². The maximum atomic E-state index is 4.20. The van der Waals surface area contributed by atoms with E-state index in [1.807, 2.05) is 0 Å². The molecule has 0 amide bonds. The van der Waals surface area contributed by atoms with Gasteiger partial charge >= 0.3 is 0 Å². The van der Waals surface area contributed by atoms with Crippen LogP contribution in [0.2, 0.25) is 0 Å². The van der Waals surface area contributed by atoms with E-state index in [2.05, 4.69) is 21.8 Å². The minimum Gasteiger partial charge on any atom is -0.348 e. The zero-order valence-electron chi connectivity index (χ0n) is 3.59. The number of hydrogen-bond donors (Lipinski definition) is 0. The molecule has 0 saturated carbocycles. The minimum absolute atomic E-state index is 1.20. The monoisotopic (exact) mass is 86.0 g/mol. The Morgan fingerprint density at radius 3 is 2.67 bits per heavy atom. The van der Waals surface area contributed by atoms with Gasteiger partial charge in [-0.15, -0.1) is 0 Å². The highest BCUT2D eigenvalue weighted by molar-refractivity contribution is 4.43. The molecule has 0 saturated heterocycles. The van der Waals surface area contributed by atoms with Crippen molar-refractivity contribution in [3.8, 4) is 0 Å². The van der Waals surface area contributed by atoms with Crippen LogP contribution in [-0.2, 0) is 4.84 Å². The van der Waals surface area contributed by atoms with Crippen molar-refractivity contribution in [3.05, 3.63) is 12.8 Å². The van der Waals surface area contributed by atoms with Crippen LogP contribution < -0.4 is 0 Å². The second-order valence-corrected chi connectivity index (χ2v) is 0.554. The van der Waals surface area contributed by atoms with Crippen LogP contribution in [0.1, 0.15) is 0 Å². The Labute approximate surface area is 36.3 Å². The van der Waals surface area contributed by atoms with E-state index >= 15 is 0 Å². The molecule has 0 radical (unpaired) electrons. The van der Waals surface area contributed by atoms with E-state index in [1.165, 1.54) is 13.3 Å². The van der Waals surface area contributed by atoms with E-state index in [-0.39, 0.29) is 0 Å². The van der Waals surface area contributed by atoms with Crippen LogP contribution in [0.5, 0.6) is 0 Å². The van der Waals surface area contributed by atoms with Crippen LogP contribution in [-0.4, -0.2) is 7.05 Å². The molecule has 0 aliphatic heterocycles. The highest BCUT2D eigenvalue weighted by Gasteiger charge is 1.54. The summed E-state index contributed by atoms with van der Waals surface area (Å²) >= 11 is 0. The molecule has 0 aromatic heterocycles. The van der Waals surface area contributed by atoms with Gasteiger partial charge in [0.05, 0.1) is 7.05 Å². The third-order valence-corrected chi connectivity index (χ3v) is 0.203. The van der Waals surface area contributed by atoms with Crippen LogP contribution >= 0.6 is 0 Å². The van der Waals surface area contributed by atoms with Crippen LogP contribution in [0.4, 0.5) is 0 Å². The van der Waals surface area contributed by atoms with Crippen molar-refractivity contribution in [2.24, 2.45) is 10.4 Å². The van der Waals surface area contributed by atoms with Crippen molar-refractivity contribution in [2.75, 3.05) is 7.05 Å². The molecular weight excluding hydrogens is 80.0 g/mol. The normalized spacial score (nSPS) is 8.83. The molecule has 6 heavy (non-hydrogen) atoms. The molecule has 0 fully saturated rings. The lowest BCUT2D eigenvalue weighted by molar-refractivity contribution is 0.241. The first kappa shape index (κ1) is 5.14. The average molecular weight is 86.1 g/mol. The van der Waals surface area contributed by atoms with Gasteiger partial charge in [0.25, 0.3) is 0 Å². The Bertz CT molecular complexity index is 59.8.